The molecule has 0 fully saturated rings. The van der Waals surface area contributed by atoms with Gasteiger partial charge in [-0.25, -0.2) is 18.0 Å². The molecule has 0 saturated heterocycles. The first-order valence-corrected chi connectivity index (χ1v) is 8.21. The van der Waals surface area contributed by atoms with Crippen molar-refractivity contribution < 1.29 is 41.4 Å². The van der Waals surface area contributed by atoms with Gasteiger partial charge in [0.25, 0.3) is 0 Å². The van der Waals surface area contributed by atoms with Crippen molar-refractivity contribution in [2.24, 2.45) is 0 Å². The highest BCUT2D eigenvalue weighted by atomic mass is 32.2. The van der Waals surface area contributed by atoms with E-state index in [2.05, 4.69) is 4.72 Å². The van der Waals surface area contributed by atoms with E-state index in [0.29, 0.717) is 5.69 Å². The number of aromatic carboxylic acids is 1. The number of rotatable bonds is 5. The van der Waals surface area contributed by atoms with Gasteiger partial charge >= 0.3 is 18.1 Å². The van der Waals surface area contributed by atoms with Crippen molar-refractivity contribution in [3.63, 3.8) is 0 Å². The van der Waals surface area contributed by atoms with Gasteiger partial charge in [-0.15, -0.1) is 0 Å². The normalized spacial score (nSPS) is 11.1. The summed E-state index contributed by atoms with van der Waals surface area (Å²) in [6.07, 6.45) is -5.08. The van der Waals surface area contributed by atoms with Crippen molar-refractivity contribution in [1.82, 2.24) is 0 Å². The molecular weight excluding hydrogens is 369 g/mol. The van der Waals surface area contributed by atoms with Crippen LogP contribution in [0.1, 0.15) is 17.3 Å². The zero-order chi connectivity index (χ0) is 20.0. The Labute approximate surface area is 141 Å². The minimum Gasteiger partial charge on any atom is -0.478 e. The molecule has 0 heterocycles. The summed E-state index contributed by atoms with van der Waals surface area (Å²) >= 11 is 0. The highest BCUT2D eigenvalue weighted by Crippen LogP contribution is 2.23. The first kappa shape index (κ1) is 22.5. The predicted molar refractivity (Wildman–Crippen MR) is 84.5 cm³/mol. The number of anilines is 2. The molecule has 0 aliphatic carbocycles. The average molecular weight is 386 g/mol. The number of hydrogen-bond acceptors (Lipinski definition) is 5. The van der Waals surface area contributed by atoms with Crippen LogP contribution in [0.4, 0.5) is 24.5 Å². The lowest BCUT2D eigenvalue weighted by Gasteiger charge is -2.16. The fraction of sp³-hybridized carbons (Fsp3) is 0.385. The molecule has 0 amide bonds. The Balaban J connectivity index is 0.000000697. The molecule has 0 aliphatic rings. The number of halogens is 3. The Morgan fingerprint density at radius 2 is 1.68 bits per heavy atom. The molecule has 0 radical (unpaired) electrons. The first-order chi connectivity index (χ1) is 11.2. The Hall–Kier alpha value is -2.50. The largest absolute Gasteiger partial charge is 0.490 e. The number of carboxylic acid groups (broad SMARTS) is 2. The summed E-state index contributed by atoms with van der Waals surface area (Å²) < 4.78 is 56.9. The minimum atomic E-state index is -5.08. The summed E-state index contributed by atoms with van der Waals surface area (Å²) in [5, 5.41) is 16.2. The van der Waals surface area contributed by atoms with Gasteiger partial charge in [-0.2, -0.15) is 13.2 Å². The van der Waals surface area contributed by atoms with Crippen LogP contribution in [0.5, 0.6) is 0 Å². The maximum atomic E-state index is 11.4. The second-order valence-corrected chi connectivity index (χ2v) is 6.75. The van der Waals surface area contributed by atoms with E-state index in [-0.39, 0.29) is 17.0 Å². The van der Waals surface area contributed by atoms with Crippen LogP contribution in [0.15, 0.2) is 18.2 Å². The molecule has 1 aromatic rings. The van der Waals surface area contributed by atoms with E-state index in [1.165, 1.54) is 19.1 Å². The van der Waals surface area contributed by atoms with Crippen LogP contribution in [-0.4, -0.2) is 56.6 Å². The summed E-state index contributed by atoms with van der Waals surface area (Å²) in [5.41, 5.74) is 0.818. The van der Waals surface area contributed by atoms with E-state index in [1.807, 2.05) is 0 Å². The van der Waals surface area contributed by atoms with E-state index >= 15 is 0 Å². The zero-order valence-electron chi connectivity index (χ0n) is 13.5. The van der Waals surface area contributed by atoms with Gasteiger partial charge in [-0.3, -0.25) is 4.72 Å². The van der Waals surface area contributed by atoms with Gasteiger partial charge in [-0.05, 0) is 25.1 Å². The lowest BCUT2D eigenvalue weighted by Crippen LogP contribution is -2.21. The van der Waals surface area contributed by atoms with Gasteiger partial charge in [0.15, 0.2) is 0 Å². The van der Waals surface area contributed by atoms with Crippen molar-refractivity contribution in [3.8, 4) is 0 Å². The number of carboxylic acids is 2. The summed E-state index contributed by atoms with van der Waals surface area (Å²) in [7, 11) is 0.0352. The molecule has 1 rings (SSSR count). The number of carbonyl (C=O) groups is 2. The third-order valence-electron chi connectivity index (χ3n) is 2.60. The zero-order valence-corrected chi connectivity index (χ0v) is 14.3. The molecule has 0 atom stereocenters. The van der Waals surface area contributed by atoms with Crippen LogP contribution < -0.4 is 9.62 Å². The Morgan fingerprint density at radius 1 is 1.20 bits per heavy atom. The van der Waals surface area contributed by atoms with Crippen molar-refractivity contribution in [3.05, 3.63) is 23.8 Å². The summed E-state index contributed by atoms with van der Waals surface area (Å²) in [6.45, 7) is 1.51. The molecule has 0 saturated carbocycles. The molecule has 142 valence electrons. The van der Waals surface area contributed by atoms with Crippen LogP contribution in [0.2, 0.25) is 0 Å². The molecule has 1 aromatic carbocycles. The Kier molecular flexibility index (Phi) is 7.70. The van der Waals surface area contributed by atoms with Gasteiger partial charge in [0, 0.05) is 19.8 Å². The average Bonchev–Trinajstić information content (AvgIpc) is 2.46. The lowest BCUT2D eigenvalue weighted by molar-refractivity contribution is -0.192. The molecule has 12 heteroatoms. The maximum Gasteiger partial charge on any atom is 0.490 e. The third-order valence-corrected chi connectivity index (χ3v) is 3.91. The maximum absolute atomic E-state index is 11.4. The second-order valence-electron chi connectivity index (χ2n) is 4.74. The Bertz CT molecular complexity index is 732. The number of sulfonamides is 1. The van der Waals surface area contributed by atoms with Crippen molar-refractivity contribution in [2.75, 3.05) is 29.5 Å². The molecule has 0 bridgehead atoms. The van der Waals surface area contributed by atoms with Crippen molar-refractivity contribution in [2.45, 2.75) is 13.1 Å². The van der Waals surface area contributed by atoms with Gasteiger partial charge in [0.2, 0.25) is 10.0 Å². The van der Waals surface area contributed by atoms with Crippen LogP contribution >= 0.6 is 0 Å². The fourth-order valence-corrected chi connectivity index (χ4v) is 2.04. The SMILES string of the molecule is CCS(=O)(=O)Nc1ccc(N(C)C)c(C(=O)O)c1.O=C(O)C(F)(F)F. The number of alkyl halides is 3. The number of nitrogens with zero attached hydrogens (tertiary/aromatic N) is 1. The van der Waals surface area contributed by atoms with E-state index in [9.17, 15) is 26.4 Å². The van der Waals surface area contributed by atoms with E-state index in [1.54, 1.807) is 25.1 Å². The Morgan fingerprint density at radius 3 is 2.00 bits per heavy atom. The van der Waals surface area contributed by atoms with E-state index in [4.69, 9.17) is 15.0 Å². The smallest absolute Gasteiger partial charge is 0.478 e. The van der Waals surface area contributed by atoms with Gasteiger partial charge < -0.3 is 15.1 Å². The fourth-order valence-electron chi connectivity index (χ4n) is 1.41. The van der Waals surface area contributed by atoms with Gasteiger partial charge in [0.05, 0.1) is 17.0 Å². The molecule has 8 nitrogen and oxygen atoms in total. The van der Waals surface area contributed by atoms with Gasteiger partial charge in [-0.1, -0.05) is 0 Å². The first-order valence-electron chi connectivity index (χ1n) is 6.56. The van der Waals surface area contributed by atoms with E-state index in [0.717, 1.165) is 0 Å². The van der Waals surface area contributed by atoms with Crippen molar-refractivity contribution in [1.29, 1.82) is 0 Å². The third kappa shape index (κ3) is 7.74. The summed E-state index contributed by atoms with van der Waals surface area (Å²) in [6, 6.07) is 4.41. The lowest BCUT2D eigenvalue weighted by atomic mass is 10.1. The van der Waals surface area contributed by atoms with Crippen molar-refractivity contribution >= 4 is 33.3 Å². The number of nitrogens with one attached hydrogen (secondary N) is 1. The van der Waals surface area contributed by atoms with Crippen LogP contribution in [0.3, 0.4) is 0 Å². The molecular formula is C13H17F3N2O6S. The van der Waals surface area contributed by atoms with Gasteiger partial charge in [0.1, 0.15) is 0 Å². The van der Waals surface area contributed by atoms with Crippen LogP contribution in [-0.2, 0) is 14.8 Å². The number of hydrogen-bond donors (Lipinski definition) is 3. The molecule has 0 aliphatic heterocycles. The molecule has 0 spiro atoms. The quantitative estimate of drug-likeness (QED) is 0.705. The monoisotopic (exact) mass is 386 g/mol. The standard InChI is InChI=1S/C11H16N2O4S.C2HF3O2/c1-4-18(16,17)12-8-5-6-10(13(2)3)9(7-8)11(14)15;3-2(4,5)1(6)7/h5-7,12H,4H2,1-3H3,(H,14,15);(H,6,7). The topological polar surface area (TPSA) is 124 Å². The highest BCUT2D eigenvalue weighted by molar-refractivity contribution is 7.92. The number of aliphatic carboxylic acids is 1. The molecule has 0 aromatic heterocycles. The number of benzene rings is 1. The van der Waals surface area contributed by atoms with Crippen LogP contribution in [0, 0.1) is 0 Å². The summed E-state index contributed by atoms with van der Waals surface area (Å²) in [4.78, 5) is 21.7. The molecule has 3 N–H and O–H groups in total. The van der Waals surface area contributed by atoms with E-state index < -0.39 is 28.1 Å². The summed E-state index contributed by atoms with van der Waals surface area (Å²) in [5.74, 6) is -3.92. The van der Waals surface area contributed by atoms with Crippen LogP contribution in [0.25, 0.3) is 0 Å². The predicted octanol–water partition coefficient (Wildman–Crippen LogP) is 1.85. The highest BCUT2D eigenvalue weighted by Gasteiger charge is 2.38. The minimum absolute atomic E-state index is 0.0521. The molecule has 0 unspecified atom stereocenters. The second kappa shape index (κ2) is 8.55. The molecule has 25 heavy (non-hydrogen) atoms.